The Kier molecular flexibility index (Phi) is 10.6. The van der Waals surface area contributed by atoms with Crippen molar-refractivity contribution in [2.24, 2.45) is 0 Å². The van der Waals surface area contributed by atoms with Gasteiger partial charge >= 0.3 is 0 Å². The minimum Gasteiger partial charge on any atom is -0.310 e. The van der Waals surface area contributed by atoms with E-state index in [1.165, 1.54) is 143 Å². The number of rotatable bonds is 7. The summed E-state index contributed by atoms with van der Waals surface area (Å²) in [5.41, 5.74) is 33.8. The third-order valence-electron chi connectivity index (χ3n) is 19.9. The van der Waals surface area contributed by atoms with Crippen molar-refractivity contribution in [1.29, 1.82) is 0 Å². The van der Waals surface area contributed by atoms with Crippen LogP contribution in [-0.4, -0.2) is 0 Å². The Hall–Kier alpha value is -9.54. The molecule has 0 aliphatic heterocycles. The summed E-state index contributed by atoms with van der Waals surface area (Å²) in [5.74, 6) is 0. The van der Waals surface area contributed by atoms with E-state index in [-0.39, 0.29) is 10.8 Å². The summed E-state index contributed by atoms with van der Waals surface area (Å²) in [5, 5.41) is 2.55. The monoisotopic (exact) mass is 1110 g/mol. The summed E-state index contributed by atoms with van der Waals surface area (Å²) in [6.07, 6.45) is 0. The first-order chi connectivity index (χ1) is 41.4. The highest BCUT2D eigenvalue weighted by Gasteiger charge is 2.52. The molecule has 3 heteroatoms. The molecule has 0 bridgehead atoms. The van der Waals surface area contributed by atoms with Gasteiger partial charge < -0.3 is 9.80 Å². The second-order valence-corrected chi connectivity index (χ2v) is 26.5. The van der Waals surface area contributed by atoms with Crippen LogP contribution in [0.3, 0.4) is 0 Å². The van der Waals surface area contributed by atoms with Crippen LogP contribution >= 0.6 is 11.3 Å². The molecule has 0 saturated heterocycles. The second-order valence-electron chi connectivity index (χ2n) is 25.4. The molecule has 0 fully saturated rings. The van der Waals surface area contributed by atoms with Gasteiger partial charge in [-0.25, -0.2) is 0 Å². The molecule has 12 aromatic carbocycles. The van der Waals surface area contributed by atoms with E-state index < -0.39 is 5.41 Å². The molecule has 0 saturated carbocycles. The molecular formula is C82H62N2S. The SMILES string of the molecule is Cc1ccc2c(c1)C(C)(C)c1cc(N(c3ccc(-c4ccc(N(c5ccc6c(c5)C5(c7ccccc7-c7ccccc75)c5ccccc5-6)c5cccc6sc7ccccc7c56)cc4)c(C)c3)c3ccc4c(c3)C(C)(C)c3cc(C)ccc3-4)ccc1-2. The normalized spacial score (nSPS) is 14.6. The smallest absolute Gasteiger partial charge is 0.0726 e. The van der Waals surface area contributed by atoms with Crippen LogP contribution in [0.25, 0.3) is 75.8 Å². The Morgan fingerprint density at radius 2 is 0.694 bits per heavy atom. The summed E-state index contributed by atoms with van der Waals surface area (Å²) in [4.78, 5) is 5.03. The standard InChI is InChI=1S/C82H62N2S/c1-49-27-37-62-64-40-34-55(46-73(64)80(4,5)71(62)43-49)83(56-35-41-65-63-38-28-50(2)44-72(63)81(6,7)74(65)47-56)54-33-39-58(51(3)45-54)52-29-31-53(32-30-52)84(76-24-16-26-78-79(76)67-20-11-15-25-77(67)85-78)57-36-42-66-61-19-10-14-23-70(61)82(75(66)48-57)68-21-12-8-17-59(68)60-18-9-13-22-69(60)82/h8-48H,1-7H3. The van der Waals surface area contributed by atoms with E-state index in [9.17, 15) is 0 Å². The predicted molar refractivity (Wildman–Crippen MR) is 360 cm³/mol. The molecule has 0 amide bonds. The Bertz CT molecular complexity index is 4830. The lowest BCUT2D eigenvalue weighted by molar-refractivity contribution is 0.659. The largest absolute Gasteiger partial charge is 0.310 e. The fraction of sp³-hybridized carbons (Fsp3) is 0.122. The number of nitrogens with zero attached hydrogens (tertiary/aromatic N) is 2. The molecule has 0 atom stereocenters. The molecule has 13 aromatic rings. The van der Waals surface area contributed by atoms with Gasteiger partial charge in [0.05, 0.1) is 11.1 Å². The highest BCUT2D eigenvalue weighted by Crippen LogP contribution is 2.64. The maximum absolute atomic E-state index is 2.53. The van der Waals surface area contributed by atoms with Gasteiger partial charge in [-0.1, -0.05) is 209 Å². The van der Waals surface area contributed by atoms with Gasteiger partial charge in [0.1, 0.15) is 0 Å². The number of thiophene rings is 1. The van der Waals surface area contributed by atoms with Gasteiger partial charge in [-0.15, -0.1) is 11.3 Å². The van der Waals surface area contributed by atoms with Gasteiger partial charge in [-0.3, -0.25) is 0 Å². The molecule has 4 aliphatic carbocycles. The van der Waals surface area contributed by atoms with Crippen LogP contribution < -0.4 is 9.80 Å². The van der Waals surface area contributed by atoms with Gasteiger partial charge in [0.15, 0.2) is 0 Å². The Morgan fingerprint density at radius 1 is 0.294 bits per heavy atom. The molecule has 1 aromatic heterocycles. The van der Waals surface area contributed by atoms with E-state index in [0.717, 1.165) is 28.4 Å². The van der Waals surface area contributed by atoms with E-state index in [2.05, 4.69) is 307 Å². The number of anilines is 6. The first-order valence-corrected chi connectivity index (χ1v) is 30.9. The number of benzene rings is 12. The van der Waals surface area contributed by atoms with E-state index in [1.54, 1.807) is 0 Å². The van der Waals surface area contributed by atoms with Crippen molar-refractivity contribution in [3.8, 4) is 55.6 Å². The quantitative estimate of drug-likeness (QED) is 0.157. The molecule has 1 spiro atoms. The molecule has 2 nitrogen and oxygen atoms in total. The van der Waals surface area contributed by atoms with Crippen LogP contribution in [0.2, 0.25) is 0 Å². The number of hydrogen-bond donors (Lipinski definition) is 0. The third kappa shape index (κ3) is 6.99. The molecular weight excluding hydrogens is 1040 g/mol. The fourth-order valence-electron chi connectivity index (χ4n) is 15.9. The van der Waals surface area contributed by atoms with Gasteiger partial charge in [0.25, 0.3) is 0 Å². The fourth-order valence-corrected chi connectivity index (χ4v) is 17.0. The summed E-state index contributed by atoms with van der Waals surface area (Å²) in [7, 11) is 0. The minimum atomic E-state index is -0.463. The Morgan fingerprint density at radius 3 is 1.24 bits per heavy atom. The van der Waals surface area contributed by atoms with Gasteiger partial charge in [-0.05, 0) is 205 Å². The summed E-state index contributed by atoms with van der Waals surface area (Å²) < 4.78 is 2.57. The van der Waals surface area contributed by atoms with E-state index in [1.807, 2.05) is 11.3 Å². The summed E-state index contributed by atoms with van der Waals surface area (Å²) in [6.45, 7) is 16.3. The zero-order valence-corrected chi connectivity index (χ0v) is 49.8. The van der Waals surface area contributed by atoms with E-state index >= 15 is 0 Å². The van der Waals surface area contributed by atoms with Crippen molar-refractivity contribution in [1.82, 2.24) is 0 Å². The number of aryl methyl sites for hydroxylation is 3. The predicted octanol–water partition coefficient (Wildman–Crippen LogP) is 22.5. The number of hydrogen-bond acceptors (Lipinski definition) is 3. The van der Waals surface area contributed by atoms with Crippen molar-refractivity contribution >= 4 is 65.6 Å². The summed E-state index contributed by atoms with van der Waals surface area (Å²) >= 11 is 1.87. The van der Waals surface area contributed by atoms with Crippen molar-refractivity contribution in [2.45, 2.75) is 64.7 Å². The molecule has 85 heavy (non-hydrogen) atoms. The molecule has 0 radical (unpaired) electrons. The van der Waals surface area contributed by atoms with Crippen LogP contribution in [0.1, 0.15) is 88.9 Å². The van der Waals surface area contributed by atoms with Crippen molar-refractivity contribution in [3.05, 3.63) is 310 Å². The summed E-state index contributed by atoms with van der Waals surface area (Å²) in [6, 6.07) is 95.2. The van der Waals surface area contributed by atoms with E-state index in [4.69, 9.17) is 0 Å². The van der Waals surface area contributed by atoms with E-state index in [0.29, 0.717) is 0 Å². The lowest BCUT2D eigenvalue weighted by Crippen LogP contribution is -2.26. The topological polar surface area (TPSA) is 6.48 Å². The Balaban J connectivity index is 0.801. The average Bonchev–Trinajstić information content (AvgIpc) is 1.55. The zero-order chi connectivity index (χ0) is 57.3. The van der Waals surface area contributed by atoms with Crippen molar-refractivity contribution in [3.63, 3.8) is 0 Å². The first kappa shape index (κ1) is 50.0. The van der Waals surface area contributed by atoms with Crippen molar-refractivity contribution in [2.75, 3.05) is 9.80 Å². The van der Waals surface area contributed by atoms with Crippen LogP contribution in [0.4, 0.5) is 34.1 Å². The number of fused-ring (bicyclic) bond motifs is 19. The molecule has 17 rings (SSSR count). The van der Waals surface area contributed by atoms with Gasteiger partial charge in [0, 0.05) is 59.4 Å². The second kappa shape index (κ2) is 18.0. The lowest BCUT2D eigenvalue weighted by atomic mass is 9.70. The third-order valence-corrected chi connectivity index (χ3v) is 21.0. The highest BCUT2D eigenvalue weighted by molar-refractivity contribution is 7.26. The average molecular weight is 1110 g/mol. The molecule has 0 unspecified atom stereocenters. The first-order valence-electron chi connectivity index (χ1n) is 30.1. The van der Waals surface area contributed by atoms with Gasteiger partial charge in [0.2, 0.25) is 0 Å². The maximum Gasteiger partial charge on any atom is 0.0726 e. The van der Waals surface area contributed by atoms with Crippen LogP contribution in [0.15, 0.2) is 249 Å². The van der Waals surface area contributed by atoms with Crippen LogP contribution in [0, 0.1) is 20.8 Å². The highest BCUT2D eigenvalue weighted by atomic mass is 32.1. The maximum atomic E-state index is 2.53. The zero-order valence-electron chi connectivity index (χ0n) is 49.0. The molecule has 1 heterocycles. The van der Waals surface area contributed by atoms with Gasteiger partial charge in [-0.2, -0.15) is 0 Å². The lowest BCUT2D eigenvalue weighted by Gasteiger charge is -2.32. The Labute approximate surface area is 502 Å². The molecule has 4 aliphatic rings. The molecule has 406 valence electrons. The minimum absolute atomic E-state index is 0.147. The van der Waals surface area contributed by atoms with Crippen LogP contribution in [0.5, 0.6) is 0 Å². The van der Waals surface area contributed by atoms with Crippen molar-refractivity contribution < 1.29 is 0 Å². The molecule has 0 N–H and O–H groups in total. The van der Waals surface area contributed by atoms with Crippen LogP contribution in [-0.2, 0) is 16.2 Å².